The van der Waals surface area contributed by atoms with E-state index in [0.717, 1.165) is 42.6 Å². The summed E-state index contributed by atoms with van der Waals surface area (Å²) in [6.07, 6.45) is 4.84. The summed E-state index contributed by atoms with van der Waals surface area (Å²) in [7, 11) is 4.93. The van der Waals surface area contributed by atoms with Gasteiger partial charge in [0.2, 0.25) is 17.8 Å². The summed E-state index contributed by atoms with van der Waals surface area (Å²) >= 11 is 6.51. The van der Waals surface area contributed by atoms with Crippen molar-refractivity contribution in [1.29, 1.82) is 0 Å². The lowest BCUT2D eigenvalue weighted by atomic mass is 9.93. The van der Waals surface area contributed by atoms with Gasteiger partial charge >= 0.3 is 0 Å². The van der Waals surface area contributed by atoms with Gasteiger partial charge < -0.3 is 25.6 Å². The number of pyridine rings is 2. The molecule has 264 valence electrons. The van der Waals surface area contributed by atoms with Crippen LogP contribution in [0.4, 0.5) is 23.1 Å². The van der Waals surface area contributed by atoms with Crippen molar-refractivity contribution in [3.63, 3.8) is 0 Å². The molecule has 3 amide bonds. The third kappa shape index (κ3) is 6.86. The molecule has 2 aliphatic heterocycles. The highest BCUT2D eigenvalue weighted by Crippen LogP contribution is 2.32. The monoisotopic (exact) mass is 713 g/mol. The van der Waals surface area contributed by atoms with Crippen molar-refractivity contribution in [1.82, 2.24) is 39.9 Å². The Kier molecular flexibility index (Phi) is 9.16. The van der Waals surface area contributed by atoms with Crippen molar-refractivity contribution >= 4 is 74.4 Å². The Balaban J connectivity index is 1.01. The smallest absolute Gasteiger partial charge is 0.294 e. The number of hydrogen-bond donors (Lipinski definition) is 4. The summed E-state index contributed by atoms with van der Waals surface area (Å²) < 4.78 is 8.60. The van der Waals surface area contributed by atoms with Crippen LogP contribution in [0.3, 0.4) is 0 Å². The molecular formula is C34H36ClN11O5. The number of nitrogens with one attached hydrogen (secondary N) is 4. The van der Waals surface area contributed by atoms with Crippen LogP contribution < -0.4 is 36.5 Å². The fraction of sp³-hybridized carbons (Fsp3) is 0.353. The molecule has 6 heterocycles. The molecule has 2 saturated heterocycles. The van der Waals surface area contributed by atoms with E-state index in [2.05, 4.69) is 41.2 Å². The molecule has 51 heavy (non-hydrogen) atoms. The SMILES string of the molecule is CNC(=O)COc1cc2cc(Nc3nc(N4CCC(CNc5ccc6c(C7CCC(=O)NC7=O)nn(C)c6c5)C4)ncc3Cl)cnc2n(C)c1=O. The molecule has 2 atom stereocenters. The van der Waals surface area contributed by atoms with E-state index in [1.807, 2.05) is 25.2 Å². The minimum absolute atomic E-state index is 0.0319. The molecule has 2 unspecified atom stereocenters. The number of imide groups is 1. The minimum atomic E-state index is -0.447. The number of carbonyl (C=O) groups excluding carboxylic acids is 3. The first-order chi connectivity index (χ1) is 24.6. The van der Waals surface area contributed by atoms with Crippen LogP contribution in [0.15, 0.2) is 47.5 Å². The van der Waals surface area contributed by atoms with Gasteiger partial charge in [-0.1, -0.05) is 11.6 Å². The van der Waals surface area contributed by atoms with Crippen molar-refractivity contribution < 1.29 is 19.1 Å². The van der Waals surface area contributed by atoms with Crippen molar-refractivity contribution in [2.45, 2.75) is 25.2 Å². The van der Waals surface area contributed by atoms with Gasteiger partial charge in [-0.25, -0.2) is 9.97 Å². The van der Waals surface area contributed by atoms with E-state index < -0.39 is 11.5 Å². The summed E-state index contributed by atoms with van der Waals surface area (Å²) in [6.45, 7) is 1.96. The van der Waals surface area contributed by atoms with E-state index in [4.69, 9.17) is 21.3 Å². The van der Waals surface area contributed by atoms with Crippen LogP contribution in [-0.2, 0) is 28.5 Å². The molecule has 5 aromatic rings. The maximum Gasteiger partial charge on any atom is 0.294 e. The normalized spacial score (nSPS) is 17.5. The number of hydrogen-bond acceptors (Lipinski definition) is 12. The fourth-order valence-corrected chi connectivity index (χ4v) is 6.64. The number of benzene rings is 1. The number of halogens is 1. The van der Waals surface area contributed by atoms with Crippen LogP contribution in [0.25, 0.3) is 21.9 Å². The number of aryl methyl sites for hydroxylation is 2. The number of carbonyl (C=O) groups is 3. The number of amides is 3. The number of nitrogens with zero attached hydrogens (tertiary/aromatic N) is 7. The summed E-state index contributed by atoms with van der Waals surface area (Å²) in [4.78, 5) is 64.3. The summed E-state index contributed by atoms with van der Waals surface area (Å²) in [6, 6.07) is 9.35. The van der Waals surface area contributed by atoms with E-state index in [0.29, 0.717) is 58.0 Å². The third-order valence-corrected chi connectivity index (χ3v) is 9.54. The molecular weight excluding hydrogens is 678 g/mol. The number of piperidine rings is 1. The number of aromatic nitrogens is 6. The lowest BCUT2D eigenvalue weighted by Crippen LogP contribution is -2.39. The molecule has 1 aromatic carbocycles. The largest absolute Gasteiger partial charge is 0.478 e. The fourth-order valence-electron chi connectivity index (χ4n) is 6.50. The quantitative estimate of drug-likeness (QED) is 0.155. The second-order valence-electron chi connectivity index (χ2n) is 12.7. The predicted molar refractivity (Wildman–Crippen MR) is 192 cm³/mol. The van der Waals surface area contributed by atoms with Crippen molar-refractivity contribution in [3.05, 3.63) is 63.8 Å². The first-order valence-corrected chi connectivity index (χ1v) is 16.9. The van der Waals surface area contributed by atoms with Crippen molar-refractivity contribution in [2.24, 2.45) is 20.0 Å². The molecule has 0 bridgehead atoms. The Bertz CT molecular complexity index is 2250. The zero-order valence-corrected chi connectivity index (χ0v) is 29.0. The second-order valence-corrected chi connectivity index (χ2v) is 13.1. The van der Waals surface area contributed by atoms with Gasteiger partial charge in [0.05, 0.1) is 35.2 Å². The van der Waals surface area contributed by atoms with Crippen LogP contribution >= 0.6 is 11.6 Å². The molecule has 7 rings (SSSR count). The lowest BCUT2D eigenvalue weighted by Gasteiger charge is -2.19. The van der Waals surface area contributed by atoms with Crippen molar-refractivity contribution in [3.8, 4) is 5.75 Å². The van der Waals surface area contributed by atoms with Gasteiger partial charge in [-0.3, -0.25) is 33.7 Å². The number of anilines is 4. The van der Waals surface area contributed by atoms with E-state index >= 15 is 0 Å². The third-order valence-electron chi connectivity index (χ3n) is 9.26. The molecule has 0 radical (unpaired) electrons. The zero-order valence-electron chi connectivity index (χ0n) is 28.2. The van der Waals surface area contributed by atoms with Gasteiger partial charge in [0, 0.05) is 63.7 Å². The number of fused-ring (bicyclic) bond motifs is 2. The van der Waals surface area contributed by atoms with E-state index in [1.165, 1.54) is 11.6 Å². The summed E-state index contributed by atoms with van der Waals surface area (Å²) in [5.74, 6) is -0.0295. The minimum Gasteiger partial charge on any atom is -0.478 e. The Hall–Kier alpha value is -5.77. The molecule has 0 spiro atoms. The molecule has 4 aromatic heterocycles. The van der Waals surface area contributed by atoms with Gasteiger partial charge in [0.15, 0.2) is 18.2 Å². The molecule has 16 nitrogen and oxygen atoms in total. The van der Waals surface area contributed by atoms with E-state index in [-0.39, 0.29) is 30.1 Å². The Labute approximate surface area is 296 Å². The molecule has 2 fully saturated rings. The highest BCUT2D eigenvalue weighted by Gasteiger charge is 2.32. The van der Waals surface area contributed by atoms with Gasteiger partial charge in [-0.15, -0.1) is 0 Å². The van der Waals surface area contributed by atoms with Gasteiger partial charge in [-0.05, 0) is 49.1 Å². The number of ether oxygens (including phenoxy) is 1. The van der Waals surface area contributed by atoms with Crippen molar-refractivity contribution in [2.75, 3.05) is 48.8 Å². The number of rotatable bonds is 10. The number of likely N-dealkylation sites (N-methyl/N-ethyl adjacent to an activating group) is 1. The molecule has 4 N–H and O–H groups in total. The topological polar surface area (TPSA) is 190 Å². The first kappa shape index (κ1) is 33.7. The van der Waals surface area contributed by atoms with E-state index in [9.17, 15) is 19.2 Å². The van der Waals surface area contributed by atoms with Crippen LogP contribution in [0.1, 0.15) is 30.9 Å². The highest BCUT2D eigenvalue weighted by atomic mass is 35.5. The first-order valence-electron chi connectivity index (χ1n) is 16.5. The molecule has 17 heteroatoms. The van der Waals surface area contributed by atoms with Gasteiger partial charge in [0.1, 0.15) is 10.7 Å². The Morgan fingerprint density at radius 1 is 1.08 bits per heavy atom. The molecule has 2 aliphatic rings. The Morgan fingerprint density at radius 3 is 2.73 bits per heavy atom. The summed E-state index contributed by atoms with van der Waals surface area (Å²) in [5, 5.41) is 18.2. The van der Waals surface area contributed by atoms with Crippen LogP contribution in [-0.4, -0.2) is 80.3 Å². The maximum atomic E-state index is 12.7. The zero-order chi connectivity index (χ0) is 35.8. The van der Waals surface area contributed by atoms with Crippen LogP contribution in [0.2, 0.25) is 5.02 Å². The molecule has 0 aliphatic carbocycles. The standard InChI is InChI=1S/C34H36ClN11O5/c1-36-28(48)17-51-26-11-19-10-21(14-38-31(19)44(2)33(26)50)40-30-24(35)15-39-34(42-30)46-9-8-18(16-46)13-37-20-4-5-22-25(12-20)45(3)43-29(22)23-6-7-27(47)41-32(23)49/h4-5,10-12,14-15,18,23,37H,6-9,13,16-17H2,1-3H3,(H,36,48)(H,39,40,42)(H,41,47,49). The predicted octanol–water partition coefficient (Wildman–Crippen LogP) is 2.59. The maximum absolute atomic E-state index is 12.7. The van der Waals surface area contributed by atoms with Crippen LogP contribution in [0.5, 0.6) is 5.75 Å². The average molecular weight is 714 g/mol. The highest BCUT2D eigenvalue weighted by molar-refractivity contribution is 6.32. The van der Waals surface area contributed by atoms with Crippen LogP contribution in [0, 0.1) is 5.92 Å². The average Bonchev–Trinajstić information content (AvgIpc) is 3.73. The van der Waals surface area contributed by atoms with Gasteiger partial charge in [-0.2, -0.15) is 10.1 Å². The Morgan fingerprint density at radius 2 is 1.92 bits per heavy atom. The lowest BCUT2D eigenvalue weighted by molar-refractivity contribution is -0.134. The molecule has 0 saturated carbocycles. The van der Waals surface area contributed by atoms with E-state index in [1.54, 1.807) is 36.3 Å². The van der Waals surface area contributed by atoms with Gasteiger partial charge in [0.25, 0.3) is 11.5 Å². The second kappa shape index (κ2) is 13.9. The summed E-state index contributed by atoms with van der Waals surface area (Å²) in [5.41, 5.74) is 3.17.